The van der Waals surface area contributed by atoms with E-state index < -0.39 is 0 Å². The predicted octanol–water partition coefficient (Wildman–Crippen LogP) is 2.41. The van der Waals surface area contributed by atoms with Gasteiger partial charge in [0, 0.05) is 19.1 Å². The van der Waals surface area contributed by atoms with E-state index in [9.17, 15) is 4.79 Å². The molecule has 0 heterocycles. The van der Waals surface area contributed by atoms with Crippen LogP contribution in [0.3, 0.4) is 0 Å². The number of aldehydes is 1. The molecule has 1 saturated carbocycles. The lowest BCUT2D eigenvalue weighted by molar-refractivity contribution is -0.123. The molecule has 16 heavy (non-hydrogen) atoms. The summed E-state index contributed by atoms with van der Waals surface area (Å²) < 4.78 is 10.1. The lowest BCUT2D eigenvalue weighted by Crippen LogP contribution is -2.11. The summed E-state index contributed by atoms with van der Waals surface area (Å²) in [5.74, 6) is 1.76. The lowest BCUT2D eigenvalue weighted by Gasteiger charge is -2.09. The Morgan fingerprint density at radius 2 is 2.00 bits per heavy atom. The average molecular weight is 226 g/mol. The minimum atomic E-state index is -0.0370. The Hall–Kier alpha value is -0.670. The van der Waals surface area contributed by atoms with Gasteiger partial charge in [0.1, 0.15) is 6.29 Å². The van der Waals surface area contributed by atoms with Gasteiger partial charge in [-0.2, -0.15) is 0 Å². The van der Waals surface area contributed by atoms with Crippen molar-refractivity contribution in [3.8, 4) is 0 Å². The van der Waals surface area contributed by atoms with Crippen LogP contribution in [0.15, 0.2) is 12.2 Å². The fourth-order valence-corrected chi connectivity index (χ4v) is 2.12. The van der Waals surface area contributed by atoms with E-state index in [1.54, 1.807) is 0 Å². The molecule has 0 spiro atoms. The SMILES string of the molecule is CCOC(C)OCC.O=CC1C2C=CCC12. The third kappa shape index (κ3) is 3.72. The fraction of sp³-hybridized carbons (Fsp3) is 0.769. The number of hydrogen-bond acceptors (Lipinski definition) is 3. The van der Waals surface area contributed by atoms with Gasteiger partial charge < -0.3 is 14.3 Å². The molecule has 0 N–H and O–H groups in total. The van der Waals surface area contributed by atoms with Crippen molar-refractivity contribution in [3.63, 3.8) is 0 Å². The Balaban J connectivity index is 0.000000160. The molecule has 0 aliphatic heterocycles. The topological polar surface area (TPSA) is 35.5 Å². The van der Waals surface area contributed by atoms with Gasteiger partial charge in [-0.1, -0.05) is 12.2 Å². The van der Waals surface area contributed by atoms with Crippen molar-refractivity contribution in [1.82, 2.24) is 0 Å². The summed E-state index contributed by atoms with van der Waals surface area (Å²) in [5.41, 5.74) is 0. The highest BCUT2D eigenvalue weighted by atomic mass is 16.7. The fourth-order valence-electron chi connectivity index (χ4n) is 2.12. The first-order chi connectivity index (χ1) is 7.74. The molecule has 3 heteroatoms. The molecule has 3 unspecified atom stereocenters. The molecule has 0 aromatic heterocycles. The zero-order valence-corrected chi connectivity index (χ0v) is 10.4. The van der Waals surface area contributed by atoms with Crippen molar-refractivity contribution >= 4 is 6.29 Å². The molecule has 2 aliphatic carbocycles. The molecular weight excluding hydrogens is 204 g/mol. The van der Waals surface area contributed by atoms with Crippen LogP contribution in [0.4, 0.5) is 0 Å². The van der Waals surface area contributed by atoms with Crippen LogP contribution in [0.2, 0.25) is 0 Å². The maximum atomic E-state index is 10.1. The maximum absolute atomic E-state index is 10.1. The molecule has 92 valence electrons. The van der Waals surface area contributed by atoms with Gasteiger partial charge in [-0.15, -0.1) is 0 Å². The van der Waals surface area contributed by atoms with Crippen LogP contribution >= 0.6 is 0 Å². The number of fused-ring (bicyclic) bond motifs is 1. The highest BCUT2D eigenvalue weighted by molar-refractivity contribution is 5.61. The molecule has 0 aromatic carbocycles. The summed E-state index contributed by atoms with van der Waals surface area (Å²) in [6, 6.07) is 0. The van der Waals surface area contributed by atoms with Crippen LogP contribution in [0.25, 0.3) is 0 Å². The van der Waals surface area contributed by atoms with E-state index >= 15 is 0 Å². The Morgan fingerprint density at radius 1 is 1.38 bits per heavy atom. The van der Waals surface area contributed by atoms with Gasteiger partial charge in [0.05, 0.1) is 0 Å². The zero-order valence-electron chi connectivity index (χ0n) is 10.4. The van der Waals surface area contributed by atoms with Crippen LogP contribution < -0.4 is 0 Å². The molecule has 0 bridgehead atoms. The van der Waals surface area contributed by atoms with E-state index in [1.807, 2.05) is 20.8 Å². The molecule has 1 fully saturated rings. The Kier molecular flexibility index (Phi) is 5.71. The molecule has 2 aliphatic rings. The van der Waals surface area contributed by atoms with Crippen molar-refractivity contribution in [2.45, 2.75) is 33.5 Å². The standard InChI is InChI=1S/C7H8O.C6H14O2/c8-4-7-5-2-1-3-6(5)7;1-4-7-6(3)8-5-2/h1-2,4-7H,3H2;6H,4-5H2,1-3H3. The van der Waals surface area contributed by atoms with Gasteiger partial charge in [0.15, 0.2) is 6.29 Å². The number of hydrogen-bond donors (Lipinski definition) is 0. The summed E-state index contributed by atoms with van der Waals surface area (Å²) in [6.45, 7) is 7.25. The summed E-state index contributed by atoms with van der Waals surface area (Å²) >= 11 is 0. The van der Waals surface area contributed by atoms with Crippen molar-refractivity contribution < 1.29 is 14.3 Å². The van der Waals surface area contributed by atoms with E-state index in [1.165, 1.54) is 0 Å². The quantitative estimate of drug-likeness (QED) is 0.410. The van der Waals surface area contributed by atoms with Crippen molar-refractivity contribution in [2.24, 2.45) is 17.8 Å². The minimum Gasteiger partial charge on any atom is -0.353 e. The van der Waals surface area contributed by atoms with Crippen molar-refractivity contribution in [3.05, 3.63) is 12.2 Å². The average Bonchev–Trinajstić information content (AvgIpc) is 2.70. The largest absolute Gasteiger partial charge is 0.353 e. The summed E-state index contributed by atoms with van der Waals surface area (Å²) in [5, 5.41) is 0. The first-order valence-corrected chi connectivity index (χ1v) is 6.09. The number of allylic oxidation sites excluding steroid dienone is 2. The first kappa shape index (κ1) is 13.4. The minimum absolute atomic E-state index is 0.0370. The van der Waals surface area contributed by atoms with E-state index in [4.69, 9.17) is 9.47 Å². The van der Waals surface area contributed by atoms with Crippen molar-refractivity contribution in [1.29, 1.82) is 0 Å². The molecule has 0 aromatic rings. The van der Waals surface area contributed by atoms with Gasteiger partial charge >= 0.3 is 0 Å². The third-order valence-corrected chi connectivity index (χ3v) is 3.02. The number of ether oxygens (including phenoxy) is 2. The smallest absolute Gasteiger partial charge is 0.154 e. The second-order valence-corrected chi connectivity index (χ2v) is 4.10. The van der Waals surface area contributed by atoms with E-state index in [-0.39, 0.29) is 6.29 Å². The summed E-state index contributed by atoms with van der Waals surface area (Å²) in [6.07, 6.45) is 6.55. The van der Waals surface area contributed by atoms with Crippen LogP contribution in [0.5, 0.6) is 0 Å². The van der Waals surface area contributed by atoms with E-state index in [0.717, 1.165) is 25.9 Å². The second-order valence-electron chi connectivity index (χ2n) is 4.10. The van der Waals surface area contributed by atoms with E-state index in [2.05, 4.69) is 12.2 Å². The Morgan fingerprint density at radius 3 is 2.31 bits per heavy atom. The molecule has 3 atom stereocenters. The van der Waals surface area contributed by atoms with Crippen LogP contribution in [-0.4, -0.2) is 25.8 Å². The van der Waals surface area contributed by atoms with Gasteiger partial charge in [0.2, 0.25) is 0 Å². The van der Waals surface area contributed by atoms with E-state index in [0.29, 0.717) is 17.8 Å². The molecule has 0 amide bonds. The number of carbonyl (C=O) groups is 1. The molecule has 3 nitrogen and oxygen atoms in total. The van der Waals surface area contributed by atoms with Gasteiger partial charge in [-0.25, -0.2) is 0 Å². The highest BCUT2D eigenvalue weighted by Crippen LogP contribution is 2.52. The van der Waals surface area contributed by atoms with Crippen LogP contribution in [0, 0.1) is 17.8 Å². The third-order valence-electron chi connectivity index (χ3n) is 3.02. The molecule has 2 rings (SSSR count). The second kappa shape index (κ2) is 6.81. The number of carbonyl (C=O) groups excluding carboxylic acids is 1. The van der Waals surface area contributed by atoms with Crippen LogP contribution in [-0.2, 0) is 14.3 Å². The van der Waals surface area contributed by atoms with Crippen molar-refractivity contribution in [2.75, 3.05) is 13.2 Å². The maximum Gasteiger partial charge on any atom is 0.154 e. The monoisotopic (exact) mass is 226 g/mol. The molecule has 0 radical (unpaired) electrons. The normalized spacial score (nSPS) is 29.6. The molecule has 0 saturated heterocycles. The lowest BCUT2D eigenvalue weighted by atomic mass is 10.2. The van der Waals surface area contributed by atoms with Gasteiger partial charge in [0.25, 0.3) is 0 Å². The highest BCUT2D eigenvalue weighted by Gasteiger charge is 2.49. The molecular formula is C13H22O3. The summed E-state index contributed by atoms with van der Waals surface area (Å²) in [7, 11) is 0. The Bertz CT molecular complexity index is 227. The van der Waals surface area contributed by atoms with Gasteiger partial charge in [-0.3, -0.25) is 0 Å². The predicted molar refractivity (Wildman–Crippen MR) is 63.0 cm³/mol. The summed E-state index contributed by atoms with van der Waals surface area (Å²) in [4.78, 5) is 10.1. The zero-order chi connectivity index (χ0) is 12.0. The van der Waals surface area contributed by atoms with Crippen LogP contribution in [0.1, 0.15) is 27.2 Å². The number of rotatable bonds is 5. The van der Waals surface area contributed by atoms with Gasteiger partial charge in [-0.05, 0) is 39.0 Å². The Labute approximate surface area is 97.8 Å². The first-order valence-electron chi connectivity index (χ1n) is 6.09.